The molecule has 9 heteroatoms. The van der Waals surface area contributed by atoms with Gasteiger partial charge in [0.1, 0.15) is 11.6 Å². The number of aryl methyl sites for hydroxylation is 1. The number of benzene rings is 1. The molecule has 1 aromatic carbocycles. The van der Waals surface area contributed by atoms with Crippen molar-refractivity contribution < 1.29 is 14.3 Å². The second-order valence-corrected chi connectivity index (χ2v) is 7.52. The van der Waals surface area contributed by atoms with Crippen LogP contribution in [0.1, 0.15) is 27.8 Å². The summed E-state index contributed by atoms with van der Waals surface area (Å²) in [6, 6.07) is 3.43. The predicted octanol–water partition coefficient (Wildman–Crippen LogP) is 2.73. The minimum atomic E-state index is -0.257. The summed E-state index contributed by atoms with van der Waals surface area (Å²) in [7, 11) is 1.57. The Bertz CT molecular complexity index is 1030. The number of H-pyrrole nitrogens is 1. The lowest BCUT2D eigenvalue weighted by molar-refractivity contribution is 0.0161. The van der Waals surface area contributed by atoms with Crippen LogP contribution in [0.3, 0.4) is 0 Å². The SMILES string of the molecule is COc1cc(C(=O)NCC(c2cnc(C)nc2)N2CCOCC2)c(Cl)c2cc[nH]c12. The summed E-state index contributed by atoms with van der Waals surface area (Å²) in [4.78, 5) is 27.0. The Morgan fingerprint density at radius 3 is 2.80 bits per heavy atom. The third-order valence-electron chi connectivity index (χ3n) is 5.33. The number of methoxy groups -OCH3 is 1. The normalized spacial score (nSPS) is 15.8. The third-order valence-corrected chi connectivity index (χ3v) is 5.74. The molecule has 4 rings (SSSR count). The number of amides is 1. The molecule has 1 amide bonds. The minimum Gasteiger partial charge on any atom is -0.495 e. The number of fused-ring (bicyclic) bond motifs is 1. The van der Waals surface area contributed by atoms with Gasteiger partial charge in [0.25, 0.3) is 5.91 Å². The van der Waals surface area contributed by atoms with Crippen molar-refractivity contribution in [2.75, 3.05) is 40.0 Å². The van der Waals surface area contributed by atoms with Gasteiger partial charge in [-0.15, -0.1) is 0 Å². The van der Waals surface area contributed by atoms with E-state index in [4.69, 9.17) is 21.1 Å². The lowest BCUT2D eigenvalue weighted by atomic mass is 10.1. The van der Waals surface area contributed by atoms with Crippen molar-refractivity contribution in [1.29, 1.82) is 0 Å². The van der Waals surface area contributed by atoms with Crippen molar-refractivity contribution in [3.63, 3.8) is 0 Å². The van der Waals surface area contributed by atoms with E-state index in [9.17, 15) is 4.79 Å². The fourth-order valence-corrected chi connectivity index (χ4v) is 4.00. The molecule has 8 nitrogen and oxygen atoms in total. The topological polar surface area (TPSA) is 92.4 Å². The van der Waals surface area contributed by atoms with E-state index in [1.54, 1.807) is 19.4 Å². The Kier molecular flexibility index (Phi) is 6.17. The van der Waals surface area contributed by atoms with Gasteiger partial charge >= 0.3 is 0 Å². The van der Waals surface area contributed by atoms with Gasteiger partial charge in [0.2, 0.25) is 0 Å². The Hall–Kier alpha value is -2.68. The number of morpholine rings is 1. The van der Waals surface area contributed by atoms with Gasteiger partial charge < -0.3 is 19.8 Å². The molecule has 158 valence electrons. The first-order valence-corrected chi connectivity index (χ1v) is 10.2. The molecular weight excluding hydrogens is 406 g/mol. The second kappa shape index (κ2) is 8.99. The molecule has 1 atom stereocenters. The minimum absolute atomic E-state index is 0.0601. The maximum Gasteiger partial charge on any atom is 0.253 e. The molecule has 1 unspecified atom stereocenters. The number of carbonyl (C=O) groups is 1. The zero-order valence-electron chi connectivity index (χ0n) is 16.9. The van der Waals surface area contributed by atoms with Crippen molar-refractivity contribution in [1.82, 2.24) is 25.2 Å². The molecule has 1 aliphatic heterocycles. The first-order chi connectivity index (χ1) is 14.6. The number of rotatable bonds is 6. The fourth-order valence-electron chi connectivity index (χ4n) is 3.70. The van der Waals surface area contributed by atoms with E-state index >= 15 is 0 Å². The molecule has 2 aromatic heterocycles. The van der Waals surface area contributed by atoms with Crippen molar-refractivity contribution in [3.8, 4) is 5.75 Å². The molecule has 0 bridgehead atoms. The predicted molar refractivity (Wildman–Crippen MR) is 114 cm³/mol. The first-order valence-electron chi connectivity index (χ1n) is 9.80. The van der Waals surface area contributed by atoms with Crippen molar-refractivity contribution in [2.45, 2.75) is 13.0 Å². The standard InChI is InChI=1S/C21H24ClN5O3/c1-13-24-10-14(11-25-13)17(27-5-7-30-8-6-27)12-26-21(28)16-9-18(29-2)20-15(19(16)22)3-4-23-20/h3-4,9-11,17,23H,5-8,12H2,1-2H3,(H,26,28). The smallest absolute Gasteiger partial charge is 0.253 e. The molecule has 3 heterocycles. The monoisotopic (exact) mass is 429 g/mol. The van der Waals surface area contributed by atoms with Crippen LogP contribution in [0, 0.1) is 6.92 Å². The molecule has 1 saturated heterocycles. The van der Waals surface area contributed by atoms with Crippen LogP contribution in [0.5, 0.6) is 5.75 Å². The number of ether oxygens (including phenoxy) is 2. The summed E-state index contributed by atoms with van der Waals surface area (Å²) >= 11 is 6.52. The van der Waals surface area contributed by atoms with Gasteiger partial charge in [-0.2, -0.15) is 0 Å². The molecule has 30 heavy (non-hydrogen) atoms. The number of carbonyl (C=O) groups excluding carboxylic acids is 1. The van der Waals surface area contributed by atoms with E-state index in [1.165, 1.54) is 0 Å². The number of nitrogens with one attached hydrogen (secondary N) is 2. The van der Waals surface area contributed by atoms with Crippen LogP contribution in [-0.4, -0.2) is 65.7 Å². The second-order valence-electron chi connectivity index (χ2n) is 7.14. The number of hydrogen-bond acceptors (Lipinski definition) is 6. The van der Waals surface area contributed by atoms with Gasteiger partial charge in [0.05, 0.1) is 42.5 Å². The molecule has 0 spiro atoms. The Balaban J connectivity index is 1.57. The van der Waals surface area contributed by atoms with Crippen molar-refractivity contribution in [2.24, 2.45) is 0 Å². The number of aromatic nitrogens is 3. The highest BCUT2D eigenvalue weighted by molar-refractivity contribution is 6.38. The Labute approximate surface area is 179 Å². The maximum atomic E-state index is 13.0. The summed E-state index contributed by atoms with van der Waals surface area (Å²) < 4.78 is 10.9. The zero-order chi connectivity index (χ0) is 21.1. The molecule has 2 N–H and O–H groups in total. The van der Waals surface area contributed by atoms with Crippen LogP contribution in [0.25, 0.3) is 10.9 Å². The molecule has 3 aromatic rings. The van der Waals surface area contributed by atoms with Crippen molar-refractivity contribution >= 4 is 28.4 Å². The van der Waals surface area contributed by atoms with E-state index < -0.39 is 0 Å². The summed E-state index contributed by atoms with van der Waals surface area (Å²) in [5.41, 5.74) is 2.09. The van der Waals surface area contributed by atoms with E-state index in [-0.39, 0.29) is 11.9 Å². The Morgan fingerprint density at radius 2 is 2.10 bits per heavy atom. The fraction of sp³-hybridized carbons (Fsp3) is 0.381. The van der Waals surface area contributed by atoms with Crippen LogP contribution in [0.2, 0.25) is 5.02 Å². The number of hydrogen-bond donors (Lipinski definition) is 2. The molecule has 0 aliphatic carbocycles. The number of halogens is 1. The average molecular weight is 430 g/mol. The van der Waals surface area contributed by atoms with Gasteiger partial charge in [0, 0.05) is 49.2 Å². The van der Waals surface area contributed by atoms with E-state index in [1.807, 2.05) is 25.4 Å². The van der Waals surface area contributed by atoms with Crippen LogP contribution < -0.4 is 10.1 Å². The van der Waals surface area contributed by atoms with Crippen LogP contribution >= 0.6 is 11.6 Å². The van der Waals surface area contributed by atoms with Gasteiger partial charge in [0.15, 0.2) is 0 Å². The quantitative estimate of drug-likeness (QED) is 0.626. The van der Waals surface area contributed by atoms with E-state index in [2.05, 4.69) is 25.2 Å². The summed E-state index contributed by atoms with van der Waals surface area (Å²) in [6.45, 7) is 5.11. The maximum absolute atomic E-state index is 13.0. The first kappa shape index (κ1) is 20.6. The highest BCUT2D eigenvalue weighted by atomic mass is 35.5. The number of aromatic amines is 1. The molecular formula is C21H24ClN5O3. The average Bonchev–Trinajstić information content (AvgIpc) is 3.27. The van der Waals surface area contributed by atoms with Gasteiger partial charge in [-0.1, -0.05) is 11.6 Å². The number of nitrogens with zero attached hydrogens (tertiary/aromatic N) is 3. The van der Waals surface area contributed by atoms with Gasteiger partial charge in [-0.25, -0.2) is 9.97 Å². The highest BCUT2D eigenvalue weighted by Crippen LogP contribution is 2.34. The molecule has 0 radical (unpaired) electrons. The summed E-state index contributed by atoms with van der Waals surface area (Å²) in [5, 5.41) is 4.17. The molecule has 1 aliphatic rings. The van der Waals surface area contributed by atoms with Gasteiger partial charge in [-0.05, 0) is 19.1 Å². The van der Waals surface area contributed by atoms with Gasteiger partial charge in [-0.3, -0.25) is 9.69 Å². The summed E-state index contributed by atoms with van der Waals surface area (Å²) in [6.07, 6.45) is 5.40. The van der Waals surface area contributed by atoms with Crippen LogP contribution in [0.15, 0.2) is 30.7 Å². The van der Waals surface area contributed by atoms with Crippen LogP contribution in [-0.2, 0) is 4.74 Å². The largest absolute Gasteiger partial charge is 0.495 e. The van der Waals surface area contributed by atoms with Crippen LogP contribution in [0.4, 0.5) is 0 Å². The Morgan fingerprint density at radius 1 is 1.37 bits per heavy atom. The third kappa shape index (κ3) is 4.12. The lowest BCUT2D eigenvalue weighted by Crippen LogP contribution is -2.44. The zero-order valence-corrected chi connectivity index (χ0v) is 17.7. The summed E-state index contributed by atoms with van der Waals surface area (Å²) in [5.74, 6) is 1.02. The van der Waals surface area contributed by atoms with E-state index in [0.717, 1.165) is 29.6 Å². The molecule has 1 fully saturated rings. The lowest BCUT2D eigenvalue weighted by Gasteiger charge is -2.34. The highest BCUT2D eigenvalue weighted by Gasteiger charge is 2.25. The van der Waals surface area contributed by atoms with Crippen molar-refractivity contribution in [3.05, 3.63) is 52.7 Å². The van der Waals surface area contributed by atoms with E-state index in [0.29, 0.717) is 41.9 Å². The molecule has 0 saturated carbocycles.